The maximum absolute atomic E-state index is 10.6. The molecule has 4 aliphatic carbocycles. The lowest BCUT2D eigenvalue weighted by molar-refractivity contribution is -0.222. The second kappa shape index (κ2) is 42.2. The van der Waals surface area contributed by atoms with E-state index in [1.807, 2.05) is 62.3 Å². The lowest BCUT2D eigenvalue weighted by Crippen LogP contribution is -2.48. The van der Waals surface area contributed by atoms with Gasteiger partial charge in [0, 0.05) is 65.6 Å². The van der Waals surface area contributed by atoms with Crippen LogP contribution in [0.25, 0.3) is 0 Å². The summed E-state index contributed by atoms with van der Waals surface area (Å²) < 4.78 is 64.0. The number of aliphatic hydroxyl groups excluding tert-OH is 8. The van der Waals surface area contributed by atoms with Crippen LogP contribution < -0.4 is 0 Å². The molecule has 0 radical (unpaired) electrons. The van der Waals surface area contributed by atoms with Gasteiger partial charge in [0.15, 0.2) is 17.4 Å². The molecule has 2 aliphatic heterocycles. The van der Waals surface area contributed by atoms with Crippen molar-refractivity contribution in [2.45, 2.75) is 262 Å². The third-order valence-corrected chi connectivity index (χ3v) is 13.6. The molecule has 0 amide bonds. The van der Waals surface area contributed by atoms with Gasteiger partial charge in [0.25, 0.3) is 10.1 Å². The average Bonchev–Trinajstić information content (AvgIpc) is 4.04. The molecule has 4 saturated carbocycles. The zero-order valence-electron chi connectivity index (χ0n) is 46.5. The SMILES string of the molecule is CC.CC.CC.CC.COC1(OC)CCCCC1.Cc1ccc(S(=O)(=O)O)cc1.O.O=C1CCCCC1.OC[C@H](O)[C@H](O)[C@@H](O)[C@@H](O)CO.O[C@H]([C@@H](O)[C@@H]1COC2(CCCCC2)O1)[C@@H]1COC2(CCCCC2)O1. The van der Waals surface area contributed by atoms with E-state index in [4.69, 9.17) is 63.6 Å². The number of methoxy groups -OCH3 is 2. The highest BCUT2D eigenvalue weighted by molar-refractivity contribution is 7.85. The molecule has 0 unspecified atom stereocenters. The van der Waals surface area contributed by atoms with E-state index < -0.39 is 83.7 Å². The molecular formula is C53H104O19S. The molecule has 11 N–H and O–H groups in total. The number of rotatable bonds is 11. The molecule has 2 heterocycles. The van der Waals surface area contributed by atoms with Crippen LogP contribution in [0.1, 0.15) is 189 Å². The largest absolute Gasteiger partial charge is 0.412 e. The van der Waals surface area contributed by atoms with Crippen LogP contribution in [0.5, 0.6) is 0 Å². The molecule has 19 nitrogen and oxygen atoms in total. The highest BCUT2D eigenvalue weighted by Crippen LogP contribution is 2.41. The van der Waals surface area contributed by atoms with Gasteiger partial charge in [-0.1, -0.05) is 98.8 Å². The van der Waals surface area contributed by atoms with Gasteiger partial charge < -0.3 is 74.7 Å². The Morgan fingerprint density at radius 1 is 0.562 bits per heavy atom. The molecule has 6 aliphatic rings. The summed E-state index contributed by atoms with van der Waals surface area (Å²) in [6, 6.07) is 5.99. The standard InChI is InChI=1S/C18H30O6.C8H16O2.C7H8O3S.C6H14O6.C6H10O.4C2H6.H2O/c19-15(13-11-21-17(23-13)7-3-1-4-8-17)16(20)14-12-22-18(24-14)9-5-2-6-10-18;1-9-8(10-2)6-4-3-5-7-8;1-6-2-4-7(5-3-6)11(8,9)10;7-1-3(9)5(11)6(12)4(10)2-8;7-6-4-2-1-3-5-6;4*1-2;/h13-16,19-20H,1-12H2;3-7H2,1-2H3;2-5H,1H3,(H,8,9,10);3-12H,1-2H2;1-5H2;4*1-2H3;1H2/t13-,14-,15-,16-;;;3-,4-,5-,6-;;;;;;/m0..0....../s1. The predicted molar refractivity (Wildman–Crippen MR) is 281 cm³/mol. The zero-order valence-corrected chi connectivity index (χ0v) is 47.3. The minimum atomic E-state index is -4.02. The van der Waals surface area contributed by atoms with Crippen LogP contribution in [0.15, 0.2) is 29.2 Å². The van der Waals surface area contributed by atoms with E-state index in [9.17, 15) is 23.4 Å². The number of aryl methyl sites for hydroxylation is 1. The van der Waals surface area contributed by atoms with Gasteiger partial charge >= 0.3 is 0 Å². The van der Waals surface area contributed by atoms with Crippen molar-refractivity contribution in [3.63, 3.8) is 0 Å². The average molecular weight is 1080 g/mol. The Kier molecular flexibility index (Phi) is 43.7. The van der Waals surface area contributed by atoms with E-state index in [-0.39, 0.29) is 16.2 Å². The number of hydrogen-bond acceptors (Lipinski definition) is 17. The van der Waals surface area contributed by atoms with Crippen LogP contribution in [-0.4, -0.2) is 172 Å². The first kappa shape index (κ1) is 75.4. The first-order valence-corrected chi connectivity index (χ1v) is 28.4. The van der Waals surface area contributed by atoms with Crippen LogP contribution in [0, 0.1) is 6.92 Å². The molecule has 73 heavy (non-hydrogen) atoms. The van der Waals surface area contributed by atoms with Gasteiger partial charge in [-0.3, -0.25) is 9.35 Å². The summed E-state index contributed by atoms with van der Waals surface area (Å²) in [7, 11) is -0.558. The van der Waals surface area contributed by atoms with Crippen LogP contribution in [0.3, 0.4) is 0 Å². The van der Waals surface area contributed by atoms with Gasteiger partial charge in [0.1, 0.15) is 54.6 Å². The van der Waals surface area contributed by atoms with E-state index in [2.05, 4.69) is 0 Å². The molecule has 7 rings (SSSR count). The molecule has 20 heteroatoms. The normalized spacial score (nSPS) is 23.5. The highest BCUT2D eigenvalue weighted by atomic mass is 32.2. The molecule has 6 fully saturated rings. The van der Waals surface area contributed by atoms with Crippen LogP contribution in [0.2, 0.25) is 0 Å². The van der Waals surface area contributed by atoms with E-state index in [1.54, 1.807) is 26.4 Å². The lowest BCUT2D eigenvalue weighted by Gasteiger charge is -2.34. The molecule has 0 bridgehead atoms. The summed E-state index contributed by atoms with van der Waals surface area (Å²) in [4.78, 5) is 10.4. The maximum atomic E-state index is 10.6. The number of carbonyl (C=O) groups excluding carboxylic acids is 1. The Morgan fingerprint density at radius 2 is 0.877 bits per heavy atom. The van der Waals surface area contributed by atoms with Crippen molar-refractivity contribution in [3.8, 4) is 0 Å². The Labute approximate surface area is 439 Å². The second-order valence-electron chi connectivity index (χ2n) is 17.6. The van der Waals surface area contributed by atoms with Gasteiger partial charge in [0.05, 0.1) is 31.3 Å². The zero-order chi connectivity index (χ0) is 55.4. The number of ketones is 1. The summed E-state index contributed by atoms with van der Waals surface area (Å²) in [5, 5.41) is 73.4. The summed E-state index contributed by atoms with van der Waals surface area (Å²) >= 11 is 0. The van der Waals surface area contributed by atoms with Crippen molar-refractivity contribution in [3.05, 3.63) is 29.8 Å². The van der Waals surface area contributed by atoms with Crippen molar-refractivity contribution >= 4 is 15.9 Å². The van der Waals surface area contributed by atoms with Crippen molar-refractivity contribution in [1.82, 2.24) is 0 Å². The van der Waals surface area contributed by atoms with Crippen molar-refractivity contribution in [1.29, 1.82) is 0 Å². The summed E-state index contributed by atoms with van der Waals surface area (Å²) in [6.45, 7) is 17.1. The Bertz CT molecular complexity index is 1480. The molecule has 2 spiro atoms. The maximum Gasteiger partial charge on any atom is 0.294 e. The van der Waals surface area contributed by atoms with Crippen LogP contribution in [0.4, 0.5) is 0 Å². The fourth-order valence-electron chi connectivity index (χ4n) is 8.55. The van der Waals surface area contributed by atoms with E-state index in [1.165, 1.54) is 50.7 Å². The minimum absolute atomic E-state index is 0. The van der Waals surface area contributed by atoms with Crippen molar-refractivity contribution < 1.29 is 92.5 Å². The van der Waals surface area contributed by atoms with Crippen molar-refractivity contribution in [2.24, 2.45) is 0 Å². The van der Waals surface area contributed by atoms with Crippen molar-refractivity contribution in [2.75, 3.05) is 40.6 Å². The smallest absolute Gasteiger partial charge is 0.294 e. The fraction of sp³-hybridized carbons (Fsp3) is 0.868. The molecular weight excluding hydrogens is 973 g/mol. The second-order valence-corrected chi connectivity index (χ2v) is 19.0. The summed E-state index contributed by atoms with van der Waals surface area (Å²) in [5.41, 5.74) is 0.956. The van der Waals surface area contributed by atoms with E-state index in [0.29, 0.717) is 19.0 Å². The molecule has 436 valence electrons. The minimum Gasteiger partial charge on any atom is -0.412 e. The number of aliphatic hydroxyl groups is 8. The predicted octanol–water partition coefficient (Wildman–Crippen LogP) is 6.26. The number of benzene rings is 1. The number of Topliss-reactive ketones (excluding diaryl/α,β-unsaturated/α-hetero) is 1. The van der Waals surface area contributed by atoms with Gasteiger partial charge in [-0.2, -0.15) is 8.42 Å². The monoisotopic (exact) mass is 1080 g/mol. The van der Waals surface area contributed by atoms with Crippen LogP contribution in [-0.2, 0) is 43.3 Å². The molecule has 0 aromatic heterocycles. The first-order chi connectivity index (χ1) is 34.4. The van der Waals surface area contributed by atoms with Gasteiger partial charge in [-0.05, 0) is 70.4 Å². The molecule has 1 aromatic carbocycles. The number of hydrogen-bond donors (Lipinski definition) is 9. The van der Waals surface area contributed by atoms with E-state index >= 15 is 0 Å². The fourth-order valence-corrected chi connectivity index (χ4v) is 9.03. The summed E-state index contributed by atoms with van der Waals surface area (Å²) in [5.74, 6) is -0.855. The third-order valence-electron chi connectivity index (χ3n) is 12.7. The lowest BCUT2D eigenvalue weighted by atomic mass is 9.94. The van der Waals surface area contributed by atoms with Crippen LogP contribution >= 0.6 is 0 Å². The van der Waals surface area contributed by atoms with Gasteiger partial charge in [-0.15, -0.1) is 0 Å². The summed E-state index contributed by atoms with van der Waals surface area (Å²) in [6.07, 6.45) is 12.0. The van der Waals surface area contributed by atoms with Gasteiger partial charge in [-0.25, -0.2) is 0 Å². The first-order valence-electron chi connectivity index (χ1n) is 27.0. The topological polar surface area (TPSA) is 320 Å². The third kappa shape index (κ3) is 27.9. The molecule has 8 atom stereocenters. The van der Waals surface area contributed by atoms with E-state index in [0.717, 1.165) is 95.5 Å². The quantitative estimate of drug-likeness (QED) is 0.0873. The Balaban J connectivity index is -0.000000861. The highest BCUT2D eigenvalue weighted by Gasteiger charge is 2.50. The molecule has 1 aromatic rings. The number of carbonyl (C=O) groups is 1. The molecule has 2 saturated heterocycles. The Morgan fingerprint density at radius 3 is 1.14 bits per heavy atom. The number of ether oxygens (including phenoxy) is 6. The van der Waals surface area contributed by atoms with Gasteiger partial charge in [0.2, 0.25) is 0 Å². The Hall–Kier alpha value is -1.80.